The molecule has 0 bridgehead atoms. The minimum Gasteiger partial charge on any atom is -0.398 e. The number of benzene rings is 1. The fourth-order valence-electron chi connectivity index (χ4n) is 1.48. The summed E-state index contributed by atoms with van der Waals surface area (Å²) in [5, 5.41) is 8.55. The monoisotopic (exact) mass is 203 g/mol. The molecule has 0 saturated carbocycles. The number of rotatable bonds is 4. The topological polar surface area (TPSA) is 53.0 Å². The molecule has 1 aromatic carbocycles. The predicted molar refractivity (Wildman–Crippen MR) is 63.7 cm³/mol. The molecule has 1 rings (SSSR count). The van der Waals surface area contributed by atoms with Crippen molar-refractivity contribution in [1.29, 1.82) is 5.26 Å². The molecule has 0 aliphatic rings. The Balaban J connectivity index is 2.83. The van der Waals surface area contributed by atoms with E-state index in [0.29, 0.717) is 6.42 Å². The molecule has 3 heteroatoms. The zero-order valence-corrected chi connectivity index (χ0v) is 9.33. The molecule has 0 saturated heterocycles. The van der Waals surface area contributed by atoms with Crippen molar-refractivity contribution in [2.45, 2.75) is 20.3 Å². The van der Waals surface area contributed by atoms with E-state index in [-0.39, 0.29) is 0 Å². The average molecular weight is 203 g/mol. The van der Waals surface area contributed by atoms with Crippen LogP contribution in [0, 0.1) is 18.3 Å². The minimum atomic E-state index is 0.543. The van der Waals surface area contributed by atoms with Gasteiger partial charge in [0.1, 0.15) is 0 Å². The van der Waals surface area contributed by atoms with Crippen LogP contribution in [-0.2, 0) is 0 Å². The van der Waals surface area contributed by atoms with Gasteiger partial charge < -0.3 is 10.6 Å². The van der Waals surface area contributed by atoms with Gasteiger partial charge in [0.15, 0.2) is 0 Å². The van der Waals surface area contributed by atoms with Crippen molar-refractivity contribution in [3.63, 3.8) is 0 Å². The van der Waals surface area contributed by atoms with Gasteiger partial charge in [-0.2, -0.15) is 5.26 Å². The van der Waals surface area contributed by atoms with E-state index in [1.165, 1.54) is 0 Å². The lowest BCUT2D eigenvalue weighted by molar-refractivity contribution is 0.827. The number of hydrogen-bond acceptors (Lipinski definition) is 3. The molecule has 0 unspecified atom stereocenters. The SMILES string of the molecule is CCN(CCC#N)c1ccc(C)c(N)c1. The molecule has 3 nitrogen and oxygen atoms in total. The Bertz CT molecular complexity index is 366. The second-order valence-corrected chi connectivity index (χ2v) is 3.53. The normalized spacial score (nSPS) is 9.67. The van der Waals surface area contributed by atoms with Crippen molar-refractivity contribution in [3.8, 4) is 6.07 Å². The van der Waals surface area contributed by atoms with E-state index in [0.717, 1.165) is 30.0 Å². The number of nitrogens with zero attached hydrogens (tertiary/aromatic N) is 2. The quantitative estimate of drug-likeness (QED) is 0.764. The first-order valence-electron chi connectivity index (χ1n) is 5.17. The van der Waals surface area contributed by atoms with Crippen molar-refractivity contribution in [2.24, 2.45) is 0 Å². The Morgan fingerprint density at radius 3 is 2.73 bits per heavy atom. The van der Waals surface area contributed by atoms with Gasteiger partial charge in [0.05, 0.1) is 12.5 Å². The largest absolute Gasteiger partial charge is 0.398 e. The van der Waals surface area contributed by atoms with E-state index in [1.54, 1.807) is 0 Å². The first kappa shape index (κ1) is 11.4. The second kappa shape index (κ2) is 5.26. The first-order valence-corrected chi connectivity index (χ1v) is 5.17. The molecule has 2 N–H and O–H groups in total. The molecule has 0 fully saturated rings. The average Bonchev–Trinajstić information content (AvgIpc) is 2.24. The van der Waals surface area contributed by atoms with Gasteiger partial charge in [0, 0.05) is 24.5 Å². The van der Waals surface area contributed by atoms with Crippen LogP contribution in [0.2, 0.25) is 0 Å². The van der Waals surface area contributed by atoms with Gasteiger partial charge in [0.2, 0.25) is 0 Å². The van der Waals surface area contributed by atoms with Gasteiger partial charge in [0.25, 0.3) is 0 Å². The van der Waals surface area contributed by atoms with Crippen LogP contribution in [0.1, 0.15) is 18.9 Å². The molecule has 1 aromatic rings. The molecular weight excluding hydrogens is 186 g/mol. The summed E-state index contributed by atoms with van der Waals surface area (Å²) >= 11 is 0. The summed E-state index contributed by atoms with van der Waals surface area (Å²) in [6, 6.07) is 8.19. The summed E-state index contributed by atoms with van der Waals surface area (Å²) in [4.78, 5) is 2.15. The van der Waals surface area contributed by atoms with Gasteiger partial charge in [-0.15, -0.1) is 0 Å². The van der Waals surface area contributed by atoms with E-state index in [9.17, 15) is 0 Å². The summed E-state index contributed by atoms with van der Waals surface area (Å²) in [6.07, 6.45) is 0.543. The van der Waals surface area contributed by atoms with Gasteiger partial charge in [-0.3, -0.25) is 0 Å². The number of nitrogens with two attached hydrogens (primary N) is 1. The number of nitrogen functional groups attached to an aromatic ring is 1. The molecule has 0 aliphatic carbocycles. The van der Waals surface area contributed by atoms with E-state index in [1.807, 2.05) is 25.1 Å². The molecule has 0 heterocycles. The molecule has 0 amide bonds. The summed E-state index contributed by atoms with van der Waals surface area (Å²) in [5.41, 5.74) is 8.84. The molecular formula is C12H17N3. The summed E-state index contributed by atoms with van der Waals surface area (Å²) < 4.78 is 0. The van der Waals surface area contributed by atoms with Crippen LogP contribution in [-0.4, -0.2) is 13.1 Å². The molecule has 0 atom stereocenters. The standard InChI is InChI=1S/C12H17N3/c1-3-15(8-4-7-13)11-6-5-10(2)12(14)9-11/h5-6,9H,3-4,8,14H2,1-2H3. The van der Waals surface area contributed by atoms with Crippen LogP contribution in [0.15, 0.2) is 18.2 Å². The van der Waals surface area contributed by atoms with Crippen molar-refractivity contribution >= 4 is 11.4 Å². The van der Waals surface area contributed by atoms with E-state index < -0.39 is 0 Å². The number of nitriles is 1. The summed E-state index contributed by atoms with van der Waals surface area (Å²) in [5.74, 6) is 0. The zero-order valence-electron chi connectivity index (χ0n) is 9.33. The van der Waals surface area contributed by atoms with Crippen LogP contribution in [0.3, 0.4) is 0 Å². The fraction of sp³-hybridized carbons (Fsp3) is 0.417. The first-order chi connectivity index (χ1) is 7.19. The highest BCUT2D eigenvalue weighted by Gasteiger charge is 2.04. The Kier molecular flexibility index (Phi) is 3.99. The molecule has 0 aromatic heterocycles. The number of aryl methyl sites for hydroxylation is 1. The maximum atomic E-state index is 8.55. The Morgan fingerprint density at radius 1 is 1.47 bits per heavy atom. The Morgan fingerprint density at radius 2 is 2.20 bits per heavy atom. The van der Waals surface area contributed by atoms with Gasteiger partial charge in [-0.1, -0.05) is 6.07 Å². The zero-order chi connectivity index (χ0) is 11.3. The fourth-order valence-corrected chi connectivity index (χ4v) is 1.48. The highest BCUT2D eigenvalue weighted by atomic mass is 15.1. The predicted octanol–water partition coefficient (Wildman–Crippen LogP) is 2.32. The van der Waals surface area contributed by atoms with Gasteiger partial charge in [-0.05, 0) is 31.5 Å². The molecule has 80 valence electrons. The van der Waals surface area contributed by atoms with Crippen LogP contribution in [0.4, 0.5) is 11.4 Å². The van der Waals surface area contributed by atoms with Crippen LogP contribution in [0.25, 0.3) is 0 Å². The minimum absolute atomic E-state index is 0.543. The Labute approximate surface area is 91.1 Å². The summed E-state index contributed by atoms with van der Waals surface area (Å²) in [7, 11) is 0. The molecule has 15 heavy (non-hydrogen) atoms. The van der Waals surface area contributed by atoms with Crippen molar-refractivity contribution < 1.29 is 0 Å². The highest BCUT2D eigenvalue weighted by molar-refractivity contribution is 5.59. The van der Waals surface area contributed by atoms with Crippen molar-refractivity contribution in [1.82, 2.24) is 0 Å². The number of anilines is 2. The third-order valence-corrected chi connectivity index (χ3v) is 2.50. The van der Waals surface area contributed by atoms with E-state index >= 15 is 0 Å². The highest BCUT2D eigenvalue weighted by Crippen LogP contribution is 2.20. The second-order valence-electron chi connectivity index (χ2n) is 3.53. The van der Waals surface area contributed by atoms with Crippen molar-refractivity contribution in [3.05, 3.63) is 23.8 Å². The maximum absolute atomic E-state index is 8.55. The Hall–Kier alpha value is -1.69. The summed E-state index contributed by atoms with van der Waals surface area (Å²) in [6.45, 7) is 5.72. The van der Waals surface area contributed by atoms with Crippen LogP contribution < -0.4 is 10.6 Å². The van der Waals surface area contributed by atoms with Crippen LogP contribution in [0.5, 0.6) is 0 Å². The lowest BCUT2D eigenvalue weighted by Crippen LogP contribution is -2.23. The van der Waals surface area contributed by atoms with E-state index in [2.05, 4.69) is 17.9 Å². The molecule has 0 radical (unpaired) electrons. The smallest absolute Gasteiger partial charge is 0.0640 e. The lowest BCUT2D eigenvalue weighted by atomic mass is 10.1. The van der Waals surface area contributed by atoms with Crippen LogP contribution >= 0.6 is 0 Å². The third-order valence-electron chi connectivity index (χ3n) is 2.50. The number of hydrogen-bond donors (Lipinski definition) is 1. The lowest BCUT2D eigenvalue weighted by Gasteiger charge is -2.22. The van der Waals surface area contributed by atoms with Crippen molar-refractivity contribution in [2.75, 3.05) is 23.7 Å². The molecule has 0 aliphatic heterocycles. The third kappa shape index (κ3) is 2.88. The van der Waals surface area contributed by atoms with E-state index in [4.69, 9.17) is 11.0 Å². The van der Waals surface area contributed by atoms with Gasteiger partial charge in [-0.25, -0.2) is 0 Å². The maximum Gasteiger partial charge on any atom is 0.0640 e. The van der Waals surface area contributed by atoms with Gasteiger partial charge >= 0.3 is 0 Å². The molecule has 0 spiro atoms.